The molecule has 1 N–H and O–H groups in total. The average Bonchev–Trinajstić information content (AvgIpc) is 2.93. The van der Waals surface area contributed by atoms with Gasteiger partial charge in [-0.05, 0) is 43.0 Å². The first-order valence-electron chi connectivity index (χ1n) is 12.5. The van der Waals surface area contributed by atoms with Gasteiger partial charge in [0.25, 0.3) is 5.56 Å². The van der Waals surface area contributed by atoms with Crippen molar-refractivity contribution in [1.82, 2.24) is 9.88 Å². The number of morpholine rings is 1. The molecule has 1 aliphatic rings. The topological polar surface area (TPSA) is 90.1 Å². The summed E-state index contributed by atoms with van der Waals surface area (Å²) in [5, 5.41) is 0. The second-order valence-electron chi connectivity index (χ2n) is 9.00. The van der Waals surface area contributed by atoms with E-state index in [0.29, 0.717) is 55.5 Å². The zero-order valence-corrected chi connectivity index (χ0v) is 21.6. The lowest BCUT2D eigenvalue weighted by Gasteiger charge is -2.30. The van der Waals surface area contributed by atoms with Gasteiger partial charge in [-0.3, -0.25) is 9.59 Å². The van der Waals surface area contributed by atoms with Crippen LogP contribution in [0.4, 0.5) is 0 Å². The first-order chi connectivity index (χ1) is 18.0. The smallest absolute Gasteiger partial charge is 0.294 e. The van der Waals surface area contributed by atoms with Crippen LogP contribution in [0.5, 0.6) is 17.2 Å². The molecule has 4 rings (SSSR count). The lowest BCUT2D eigenvalue weighted by Crippen LogP contribution is -2.43. The first kappa shape index (κ1) is 26.3. The van der Waals surface area contributed by atoms with Crippen LogP contribution in [-0.4, -0.2) is 56.3 Å². The van der Waals surface area contributed by atoms with Crippen LogP contribution in [0, 0.1) is 6.92 Å². The molecule has 0 bridgehead atoms. The Hall–Kier alpha value is -3.78. The Kier molecular flexibility index (Phi) is 8.85. The maximum atomic E-state index is 13.5. The fraction of sp³-hybridized carbons (Fsp3) is 0.379. The van der Waals surface area contributed by atoms with Crippen molar-refractivity contribution in [2.45, 2.75) is 32.3 Å². The third-order valence-corrected chi connectivity index (χ3v) is 6.70. The van der Waals surface area contributed by atoms with E-state index in [4.69, 9.17) is 18.9 Å². The molecule has 0 saturated carbocycles. The van der Waals surface area contributed by atoms with Gasteiger partial charge in [0.2, 0.25) is 11.7 Å². The fourth-order valence-electron chi connectivity index (χ4n) is 4.63. The summed E-state index contributed by atoms with van der Waals surface area (Å²) in [6.45, 7) is 4.35. The van der Waals surface area contributed by atoms with Gasteiger partial charge in [0.1, 0.15) is 12.4 Å². The van der Waals surface area contributed by atoms with E-state index in [1.807, 2.05) is 47.4 Å². The number of hydrogen-bond donors (Lipinski definition) is 1. The van der Waals surface area contributed by atoms with Crippen molar-refractivity contribution in [1.29, 1.82) is 0 Å². The fourth-order valence-corrected chi connectivity index (χ4v) is 4.63. The van der Waals surface area contributed by atoms with Gasteiger partial charge in [0, 0.05) is 18.8 Å². The molecular weight excluding hydrogens is 472 g/mol. The molecule has 2 aromatic carbocycles. The Morgan fingerprint density at radius 1 is 1.00 bits per heavy atom. The van der Waals surface area contributed by atoms with E-state index >= 15 is 0 Å². The van der Waals surface area contributed by atoms with Crippen molar-refractivity contribution < 1.29 is 23.7 Å². The average molecular weight is 507 g/mol. The summed E-state index contributed by atoms with van der Waals surface area (Å²) in [6.07, 6.45) is 1.53. The number of nitrogens with zero attached hydrogens (tertiary/aromatic N) is 1. The molecule has 1 amide bonds. The number of ether oxygens (including phenoxy) is 4. The molecule has 8 nitrogen and oxygen atoms in total. The molecule has 8 heteroatoms. The quantitative estimate of drug-likeness (QED) is 0.449. The largest absolute Gasteiger partial charge is 0.492 e. The number of carbonyl (C=O) groups excluding carboxylic acids is 1. The van der Waals surface area contributed by atoms with E-state index in [1.54, 1.807) is 6.92 Å². The summed E-state index contributed by atoms with van der Waals surface area (Å²) >= 11 is 0. The van der Waals surface area contributed by atoms with E-state index < -0.39 is 0 Å². The highest BCUT2D eigenvalue weighted by Gasteiger charge is 2.27. The molecule has 1 aromatic heterocycles. The molecule has 1 fully saturated rings. The molecule has 2 heterocycles. The minimum Gasteiger partial charge on any atom is -0.492 e. The van der Waals surface area contributed by atoms with Crippen LogP contribution >= 0.6 is 0 Å². The Morgan fingerprint density at radius 2 is 1.68 bits per heavy atom. The van der Waals surface area contributed by atoms with Crippen LogP contribution in [0.2, 0.25) is 0 Å². The zero-order chi connectivity index (χ0) is 26.2. The Morgan fingerprint density at radius 3 is 2.32 bits per heavy atom. The van der Waals surface area contributed by atoms with Crippen molar-refractivity contribution in [3.05, 3.63) is 87.3 Å². The Balaban J connectivity index is 1.51. The standard InChI is InChI=1S/C29H34N2O6/c1-20-25(26(34-2)27(35-3)28(32)30-20)19-37-23-12-10-22(11-13-23)24(14-9-21-7-5-4-6-8-21)29(33)31-15-17-36-18-16-31/h4-8,10-13,24H,9,14-19H2,1-3H3,(H,30,32). The number of carbonyl (C=O) groups is 1. The highest BCUT2D eigenvalue weighted by atomic mass is 16.5. The van der Waals surface area contributed by atoms with E-state index in [-0.39, 0.29) is 29.7 Å². The molecule has 1 aliphatic heterocycles. The molecule has 3 aromatic rings. The number of pyridine rings is 1. The lowest BCUT2D eigenvalue weighted by molar-refractivity contribution is -0.137. The van der Waals surface area contributed by atoms with Crippen LogP contribution in [0.15, 0.2) is 59.4 Å². The summed E-state index contributed by atoms with van der Waals surface area (Å²) in [6, 6.07) is 17.9. The SMILES string of the molecule is COc1c(COc2ccc(C(CCc3ccccc3)C(=O)N3CCOCC3)cc2)c(C)[nH]c(=O)c1OC. The van der Waals surface area contributed by atoms with Gasteiger partial charge in [-0.1, -0.05) is 42.5 Å². The van der Waals surface area contributed by atoms with Gasteiger partial charge in [0.15, 0.2) is 5.75 Å². The predicted octanol–water partition coefficient (Wildman–Crippen LogP) is 3.85. The predicted molar refractivity (Wildman–Crippen MR) is 141 cm³/mol. The number of benzene rings is 2. The van der Waals surface area contributed by atoms with Gasteiger partial charge in [-0.2, -0.15) is 0 Å². The van der Waals surface area contributed by atoms with E-state index in [1.165, 1.54) is 19.8 Å². The zero-order valence-electron chi connectivity index (χ0n) is 21.6. The third kappa shape index (κ3) is 6.32. The third-order valence-electron chi connectivity index (χ3n) is 6.70. The van der Waals surface area contributed by atoms with E-state index in [0.717, 1.165) is 12.0 Å². The molecule has 37 heavy (non-hydrogen) atoms. The van der Waals surface area contributed by atoms with Gasteiger partial charge in [-0.25, -0.2) is 0 Å². The van der Waals surface area contributed by atoms with Crippen LogP contribution in [-0.2, 0) is 22.6 Å². The minimum atomic E-state index is -0.351. The van der Waals surface area contributed by atoms with Gasteiger partial charge >= 0.3 is 0 Å². The van der Waals surface area contributed by atoms with Gasteiger partial charge < -0.3 is 28.8 Å². The number of nitrogens with one attached hydrogen (secondary N) is 1. The molecule has 0 radical (unpaired) electrons. The molecule has 0 aliphatic carbocycles. The molecular formula is C29H34N2O6. The number of amides is 1. The summed E-state index contributed by atoms with van der Waals surface area (Å²) in [4.78, 5) is 30.3. The number of rotatable bonds is 10. The van der Waals surface area contributed by atoms with Crippen molar-refractivity contribution in [2.24, 2.45) is 0 Å². The molecule has 1 atom stereocenters. The number of aromatic amines is 1. The second kappa shape index (κ2) is 12.5. The summed E-state index contributed by atoms with van der Waals surface area (Å²) < 4.78 is 22.1. The summed E-state index contributed by atoms with van der Waals surface area (Å²) in [7, 11) is 2.92. The van der Waals surface area contributed by atoms with Crippen LogP contribution < -0.4 is 19.8 Å². The van der Waals surface area contributed by atoms with Crippen molar-refractivity contribution in [3.8, 4) is 17.2 Å². The van der Waals surface area contributed by atoms with Crippen LogP contribution in [0.1, 0.15) is 34.7 Å². The molecule has 0 spiro atoms. The van der Waals surface area contributed by atoms with Crippen LogP contribution in [0.25, 0.3) is 0 Å². The number of aromatic nitrogens is 1. The summed E-state index contributed by atoms with van der Waals surface area (Å²) in [5.74, 6) is 1.00. The van der Waals surface area contributed by atoms with Crippen molar-refractivity contribution in [3.63, 3.8) is 0 Å². The number of aryl methyl sites for hydroxylation is 2. The van der Waals surface area contributed by atoms with Crippen LogP contribution in [0.3, 0.4) is 0 Å². The number of H-pyrrole nitrogens is 1. The number of methoxy groups -OCH3 is 2. The normalized spacial score (nSPS) is 14.2. The molecule has 196 valence electrons. The van der Waals surface area contributed by atoms with Gasteiger partial charge in [-0.15, -0.1) is 0 Å². The lowest BCUT2D eigenvalue weighted by atomic mass is 9.90. The maximum Gasteiger partial charge on any atom is 0.294 e. The van der Waals surface area contributed by atoms with E-state index in [2.05, 4.69) is 17.1 Å². The maximum absolute atomic E-state index is 13.5. The highest BCUT2D eigenvalue weighted by molar-refractivity contribution is 5.84. The second-order valence-corrected chi connectivity index (χ2v) is 9.00. The highest BCUT2D eigenvalue weighted by Crippen LogP contribution is 2.31. The monoisotopic (exact) mass is 506 g/mol. The Bertz CT molecular complexity index is 1230. The Labute approximate surface area is 217 Å². The number of hydrogen-bond acceptors (Lipinski definition) is 6. The molecule has 1 saturated heterocycles. The van der Waals surface area contributed by atoms with E-state index in [9.17, 15) is 9.59 Å². The first-order valence-corrected chi connectivity index (χ1v) is 12.5. The molecule has 1 unspecified atom stereocenters. The van der Waals surface area contributed by atoms with Crippen molar-refractivity contribution in [2.75, 3.05) is 40.5 Å². The van der Waals surface area contributed by atoms with Gasteiger partial charge in [0.05, 0.1) is 38.9 Å². The van der Waals surface area contributed by atoms with Crippen molar-refractivity contribution >= 4 is 5.91 Å². The summed E-state index contributed by atoms with van der Waals surface area (Å²) in [5.41, 5.74) is 3.17. The minimum absolute atomic E-state index is 0.116.